The molecule has 0 spiro atoms. The van der Waals surface area contributed by atoms with Crippen molar-refractivity contribution in [2.24, 2.45) is 5.10 Å². The summed E-state index contributed by atoms with van der Waals surface area (Å²) in [5, 5.41) is 4.69. The number of nitrogens with zero attached hydrogens (tertiary/aromatic N) is 2. The predicted octanol–water partition coefficient (Wildman–Crippen LogP) is 2.87. The number of hydrogen-bond donors (Lipinski definition) is 1. The van der Waals surface area contributed by atoms with Crippen molar-refractivity contribution in [2.45, 2.75) is 0 Å². The Morgan fingerprint density at radius 1 is 1.20 bits per heavy atom. The standard InChI is InChI=1S/C17H13Cl2N3O3/c18-12-4-3-5-13(19)11(12)8-20-21-16(23)9-22-14-6-1-2-7-15(14)25-10-17(22)24/h1-8H,9-10H2,(H,21,23)/b20-8-. The van der Waals surface area contributed by atoms with E-state index in [0.29, 0.717) is 27.0 Å². The first kappa shape index (κ1) is 17.3. The van der Waals surface area contributed by atoms with Gasteiger partial charge in [-0.25, -0.2) is 5.43 Å². The largest absolute Gasteiger partial charge is 0.482 e. The fourth-order valence-corrected chi connectivity index (χ4v) is 2.80. The van der Waals surface area contributed by atoms with Crippen molar-refractivity contribution >= 4 is 46.9 Å². The Bertz CT molecular complexity index is 835. The van der Waals surface area contributed by atoms with Crippen LogP contribution >= 0.6 is 23.2 Å². The molecule has 0 saturated carbocycles. The molecule has 1 aliphatic heterocycles. The quantitative estimate of drug-likeness (QED) is 0.657. The van der Waals surface area contributed by atoms with Gasteiger partial charge in [0.2, 0.25) is 0 Å². The van der Waals surface area contributed by atoms with Gasteiger partial charge in [0.15, 0.2) is 6.61 Å². The average molecular weight is 378 g/mol. The van der Waals surface area contributed by atoms with E-state index in [0.717, 1.165) is 0 Å². The van der Waals surface area contributed by atoms with E-state index in [-0.39, 0.29) is 19.1 Å². The maximum absolute atomic E-state index is 12.1. The summed E-state index contributed by atoms with van der Waals surface area (Å²) in [6.07, 6.45) is 1.36. The summed E-state index contributed by atoms with van der Waals surface area (Å²) < 4.78 is 5.33. The molecule has 1 heterocycles. The molecule has 3 rings (SSSR count). The summed E-state index contributed by atoms with van der Waals surface area (Å²) in [7, 11) is 0. The van der Waals surface area contributed by atoms with E-state index < -0.39 is 5.91 Å². The van der Waals surface area contributed by atoms with Gasteiger partial charge < -0.3 is 4.74 Å². The highest BCUT2D eigenvalue weighted by molar-refractivity contribution is 6.38. The van der Waals surface area contributed by atoms with Gasteiger partial charge in [0, 0.05) is 5.56 Å². The van der Waals surface area contributed by atoms with Crippen molar-refractivity contribution in [2.75, 3.05) is 18.1 Å². The molecule has 128 valence electrons. The number of amides is 2. The zero-order valence-corrected chi connectivity index (χ0v) is 14.4. The Morgan fingerprint density at radius 3 is 2.68 bits per heavy atom. The molecule has 2 aromatic rings. The number of para-hydroxylation sites is 2. The van der Waals surface area contributed by atoms with Crippen LogP contribution in [0.25, 0.3) is 0 Å². The monoisotopic (exact) mass is 377 g/mol. The van der Waals surface area contributed by atoms with Crippen LogP contribution in [0.1, 0.15) is 5.56 Å². The van der Waals surface area contributed by atoms with Gasteiger partial charge in [-0.1, -0.05) is 41.4 Å². The summed E-state index contributed by atoms with van der Waals surface area (Å²) >= 11 is 12.0. The lowest BCUT2D eigenvalue weighted by atomic mass is 10.2. The molecule has 0 bridgehead atoms. The van der Waals surface area contributed by atoms with E-state index in [2.05, 4.69) is 10.5 Å². The van der Waals surface area contributed by atoms with Gasteiger partial charge in [-0.3, -0.25) is 14.5 Å². The number of anilines is 1. The van der Waals surface area contributed by atoms with Crippen LogP contribution in [0, 0.1) is 0 Å². The zero-order chi connectivity index (χ0) is 17.8. The van der Waals surface area contributed by atoms with Crippen molar-refractivity contribution in [3.63, 3.8) is 0 Å². The van der Waals surface area contributed by atoms with E-state index in [1.165, 1.54) is 11.1 Å². The third-order valence-corrected chi connectivity index (χ3v) is 4.15. The lowest BCUT2D eigenvalue weighted by Crippen LogP contribution is -2.44. The van der Waals surface area contributed by atoms with Crippen molar-refractivity contribution < 1.29 is 14.3 Å². The average Bonchev–Trinajstić information content (AvgIpc) is 2.60. The second-order valence-electron chi connectivity index (χ2n) is 5.16. The van der Waals surface area contributed by atoms with Crippen LogP contribution in [0.4, 0.5) is 5.69 Å². The fourth-order valence-electron chi connectivity index (χ4n) is 2.31. The van der Waals surface area contributed by atoms with Crippen molar-refractivity contribution in [1.29, 1.82) is 0 Å². The number of carbonyl (C=O) groups excluding carboxylic acids is 2. The molecule has 1 aliphatic rings. The molecule has 2 amide bonds. The molecule has 2 aromatic carbocycles. The smallest absolute Gasteiger partial charge is 0.265 e. The number of nitrogens with one attached hydrogen (secondary N) is 1. The van der Waals surface area contributed by atoms with Gasteiger partial charge in [-0.15, -0.1) is 0 Å². The molecular formula is C17H13Cl2N3O3. The van der Waals surface area contributed by atoms with Crippen molar-refractivity contribution in [3.05, 3.63) is 58.1 Å². The third kappa shape index (κ3) is 3.92. The second-order valence-corrected chi connectivity index (χ2v) is 5.98. The fraction of sp³-hybridized carbons (Fsp3) is 0.118. The molecule has 6 nitrogen and oxygen atoms in total. The van der Waals surface area contributed by atoms with E-state index in [9.17, 15) is 9.59 Å². The maximum atomic E-state index is 12.1. The molecular weight excluding hydrogens is 365 g/mol. The Kier molecular flexibility index (Phi) is 5.21. The number of hydrazone groups is 1. The van der Waals surface area contributed by atoms with Crippen LogP contribution in [-0.2, 0) is 9.59 Å². The molecule has 0 aromatic heterocycles. The van der Waals surface area contributed by atoms with E-state index in [4.69, 9.17) is 27.9 Å². The van der Waals surface area contributed by atoms with Crippen LogP contribution in [0.3, 0.4) is 0 Å². The van der Waals surface area contributed by atoms with Gasteiger partial charge in [0.05, 0.1) is 21.9 Å². The minimum Gasteiger partial charge on any atom is -0.482 e. The Morgan fingerprint density at radius 2 is 1.92 bits per heavy atom. The summed E-state index contributed by atoms with van der Waals surface area (Å²) in [4.78, 5) is 25.5. The first-order valence-electron chi connectivity index (χ1n) is 7.34. The van der Waals surface area contributed by atoms with Crippen molar-refractivity contribution in [3.8, 4) is 5.75 Å². The predicted molar refractivity (Wildman–Crippen MR) is 96.5 cm³/mol. The summed E-state index contributed by atoms with van der Waals surface area (Å²) in [6.45, 7) is -0.282. The number of ether oxygens (including phenoxy) is 1. The molecule has 8 heteroatoms. The van der Waals surface area contributed by atoms with Crippen LogP contribution in [0.5, 0.6) is 5.75 Å². The molecule has 0 atom stereocenters. The Balaban J connectivity index is 1.67. The van der Waals surface area contributed by atoms with Gasteiger partial charge in [-0.2, -0.15) is 5.10 Å². The third-order valence-electron chi connectivity index (χ3n) is 3.49. The van der Waals surface area contributed by atoms with E-state index in [1.807, 2.05) is 0 Å². The van der Waals surface area contributed by atoms with E-state index in [1.54, 1.807) is 42.5 Å². The summed E-state index contributed by atoms with van der Waals surface area (Å²) in [5.74, 6) is -0.197. The highest BCUT2D eigenvalue weighted by atomic mass is 35.5. The van der Waals surface area contributed by atoms with Crippen LogP contribution < -0.4 is 15.1 Å². The minimum atomic E-state index is -0.454. The lowest BCUT2D eigenvalue weighted by molar-refractivity contribution is -0.125. The first-order chi connectivity index (χ1) is 12.1. The van der Waals surface area contributed by atoms with Gasteiger partial charge in [-0.05, 0) is 24.3 Å². The number of benzene rings is 2. The van der Waals surface area contributed by atoms with Crippen LogP contribution in [0.2, 0.25) is 10.0 Å². The zero-order valence-electron chi connectivity index (χ0n) is 12.9. The highest BCUT2D eigenvalue weighted by Gasteiger charge is 2.26. The first-order valence-corrected chi connectivity index (χ1v) is 8.10. The number of halogens is 2. The number of fused-ring (bicyclic) bond motifs is 1. The molecule has 0 radical (unpaired) electrons. The molecule has 0 aliphatic carbocycles. The highest BCUT2D eigenvalue weighted by Crippen LogP contribution is 2.31. The van der Waals surface area contributed by atoms with Crippen molar-refractivity contribution in [1.82, 2.24) is 5.43 Å². The topological polar surface area (TPSA) is 71.0 Å². The Hall–Kier alpha value is -2.57. The Labute approximate surface area is 154 Å². The molecule has 0 fully saturated rings. The molecule has 0 saturated heterocycles. The van der Waals surface area contributed by atoms with Gasteiger partial charge in [0.25, 0.3) is 11.8 Å². The minimum absolute atomic E-state index is 0.108. The normalized spacial score (nSPS) is 13.5. The van der Waals surface area contributed by atoms with E-state index >= 15 is 0 Å². The molecule has 0 unspecified atom stereocenters. The van der Waals surface area contributed by atoms with Crippen LogP contribution in [0.15, 0.2) is 47.6 Å². The van der Waals surface area contributed by atoms with Crippen LogP contribution in [-0.4, -0.2) is 31.2 Å². The number of hydrogen-bond acceptors (Lipinski definition) is 4. The maximum Gasteiger partial charge on any atom is 0.265 e. The summed E-state index contributed by atoms with van der Waals surface area (Å²) in [5.41, 5.74) is 3.41. The number of carbonyl (C=O) groups is 2. The summed E-state index contributed by atoms with van der Waals surface area (Å²) in [6, 6.07) is 12.1. The van der Waals surface area contributed by atoms with Gasteiger partial charge >= 0.3 is 0 Å². The SMILES string of the molecule is O=C(CN1C(=O)COc2ccccc21)N/N=C\c1c(Cl)cccc1Cl. The molecule has 25 heavy (non-hydrogen) atoms. The number of rotatable bonds is 4. The van der Waals surface area contributed by atoms with Gasteiger partial charge in [0.1, 0.15) is 12.3 Å². The lowest BCUT2D eigenvalue weighted by Gasteiger charge is -2.28. The second kappa shape index (κ2) is 7.55. The molecule has 1 N–H and O–H groups in total.